The van der Waals surface area contributed by atoms with Gasteiger partial charge in [0, 0.05) is 24.1 Å². The molecule has 9 heteroatoms. The molecule has 1 unspecified atom stereocenters. The third kappa shape index (κ3) is 6.85. The number of nitrogens with one attached hydrogen (secondary N) is 2. The fourth-order valence-corrected chi connectivity index (χ4v) is 4.43. The number of halogens is 1. The first kappa shape index (κ1) is 23.4. The highest BCUT2D eigenvalue weighted by Crippen LogP contribution is 2.32. The van der Waals surface area contributed by atoms with Gasteiger partial charge in [-0.1, -0.05) is 30.2 Å². The van der Waals surface area contributed by atoms with Gasteiger partial charge in [0.1, 0.15) is 13.2 Å². The van der Waals surface area contributed by atoms with Gasteiger partial charge in [-0.3, -0.25) is 4.79 Å². The van der Waals surface area contributed by atoms with Crippen molar-refractivity contribution in [3.8, 4) is 11.5 Å². The molecule has 0 radical (unpaired) electrons. The monoisotopic (exact) mass is 466 g/mol. The number of sulfonamides is 1. The molecular formula is C22H27ClN2O5S. The summed E-state index contributed by atoms with van der Waals surface area (Å²) in [6.07, 6.45) is 2.47. The van der Waals surface area contributed by atoms with E-state index in [1.165, 1.54) is 12.1 Å². The smallest absolute Gasteiger partial charge is 0.240 e. The molecule has 0 saturated carbocycles. The van der Waals surface area contributed by atoms with Crippen molar-refractivity contribution in [2.24, 2.45) is 0 Å². The third-order valence-electron chi connectivity index (χ3n) is 4.94. The van der Waals surface area contributed by atoms with Gasteiger partial charge < -0.3 is 14.8 Å². The van der Waals surface area contributed by atoms with E-state index in [2.05, 4.69) is 10.0 Å². The molecule has 0 aliphatic carbocycles. The summed E-state index contributed by atoms with van der Waals surface area (Å²) in [5.74, 6) is 0.959. The highest BCUT2D eigenvalue weighted by Gasteiger charge is 2.19. The van der Waals surface area contributed by atoms with Crippen LogP contribution in [0.1, 0.15) is 44.2 Å². The summed E-state index contributed by atoms with van der Waals surface area (Å²) >= 11 is 5.88. The Morgan fingerprint density at radius 1 is 1.03 bits per heavy atom. The van der Waals surface area contributed by atoms with Gasteiger partial charge >= 0.3 is 0 Å². The Balaban J connectivity index is 1.35. The lowest BCUT2D eigenvalue weighted by atomic mass is 10.1. The number of ether oxygens (including phenoxy) is 2. The van der Waals surface area contributed by atoms with Gasteiger partial charge in [-0.05, 0) is 49.6 Å². The number of rotatable bonds is 10. The lowest BCUT2D eigenvalue weighted by molar-refractivity contribution is -0.121. The minimum Gasteiger partial charge on any atom is -0.486 e. The maximum absolute atomic E-state index is 12.5. The zero-order valence-electron chi connectivity index (χ0n) is 17.4. The van der Waals surface area contributed by atoms with Crippen molar-refractivity contribution in [2.75, 3.05) is 19.8 Å². The Bertz CT molecular complexity index is 995. The van der Waals surface area contributed by atoms with Crippen LogP contribution in [0.4, 0.5) is 0 Å². The molecule has 0 bridgehead atoms. The zero-order valence-corrected chi connectivity index (χ0v) is 19.0. The van der Waals surface area contributed by atoms with E-state index in [1.54, 1.807) is 18.2 Å². The second-order valence-corrected chi connectivity index (χ2v) is 9.56. The number of benzene rings is 2. The molecule has 3 rings (SSSR count). The number of carbonyl (C=O) groups is 1. The topological polar surface area (TPSA) is 93.7 Å². The Labute approximate surface area is 188 Å². The molecule has 1 aliphatic rings. The minimum atomic E-state index is -3.62. The van der Waals surface area contributed by atoms with Crippen LogP contribution in [0.25, 0.3) is 0 Å². The van der Waals surface area contributed by atoms with Crippen molar-refractivity contribution >= 4 is 27.5 Å². The van der Waals surface area contributed by atoms with Crippen molar-refractivity contribution in [1.29, 1.82) is 0 Å². The molecule has 1 heterocycles. The van der Waals surface area contributed by atoms with Crippen LogP contribution < -0.4 is 19.5 Å². The van der Waals surface area contributed by atoms with Gasteiger partial charge in [0.15, 0.2) is 11.5 Å². The van der Waals surface area contributed by atoms with Crippen molar-refractivity contribution in [3.05, 3.63) is 53.1 Å². The second-order valence-electron chi connectivity index (χ2n) is 7.35. The molecule has 2 aromatic rings. The fourth-order valence-electron chi connectivity index (χ4n) is 3.22. The average Bonchev–Trinajstić information content (AvgIpc) is 2.76. The summed E-state index contributed by atoms with van der Waals surface area (Å²) in [6, 6.07) is 11.9. The largest absolute Gasteiger partial charge is 0.486 e. The summed E-state index contributed by atoms with van der Waals surface area (Å²) in [5, 5.41) is 3.62. The maximum atomic E-state index is 12.5. The normalized spacial score (nSPS) is 14.1. The number of fused-ring (bicyclic) bond motifs is 1. The maximum Gasteiger partial charge on any atom is 0.240 e. The average molecular weight is 467 g/mol. The predicted octanol–water partition coefficient (Wildman–Crippen LogP) is 3.83. The first-order chi connectivity index (χ1) is 14.8. The summed E-state index contributed by atoms with van der Waals surface area (Å²) in [4.78, 5) is 12.3. The van der Waals surface area contributed by atoms with E-state index in [9.17, 15) is 13.2 Å². The molecule has 1 amide bonds. The van der Waals surface area contributed by atoms with E-state index in [0.717, 1.165) is 12.0 Å². The van der Waals surface area contributed by atoms with Gasteiger partial charge in [0.2, 0.25) is 15.9 Å². The Morgan fingerprint density at radius 2 is 1.74 bits per heavy atom. The molecule has 0 aromatic heterocycles. The number of unbranched alkanes of at least 4 members (excludes halogenated alkanes) is 2. The summed E-state index contributed by atoms with van der Waals surface area (Å²) in [6.45, 7) is 3.08. The molecule has 7 nitrogen and oxygen atoms in total. The van der Waals surface area contributed by atoms with Crippen molar-refractivity contribution in [1.82, 2.24) is 10.0 Å². The van der Waals surface area contributed by atoms with E-state index in [-0.39, 0.29) is 16.8 Å². The van der Waals surface area contributed by atoms with E-state index >= 15 is 0 Å². The molecule has 31 heavy (non-hydrogen) atoms. The SMILES string of the molecule is CC(NC(=O)CCCCCNS(=O)(=O)c1ccc2c(c1)OCCO2)c1ccc(Cl)cc1. The first-order valence-corrected chi connectivity index (χ1v) is 12.2. The Hall–Kier alpha value is -2.29. The predicted molar refractivity (Wildman–Crippen MR) is 119 cm³/mol. The van der Waals surface area contributed by atoms with Crippen LogP contribution in [0.3, 0.4) is 0 Å². The molecule has 1 aliphatic heterocycles. The Morgan fingerprint density at radius 3 is 2.48 bits per heavy atom. The van der Waals surface area contributed by atoms with Crippen LogP contribution in [0.2, 0.25) is 5.02 Å². The minimum absolute atomic E-state index is 0.0284. The molecule has 2 N–H and O–H groups in total. The number of amides is 1. The first-order valence-electron chi connectivity index (χ1n) is 10.3. The number of carbonyl (C=O) groups excluding carboxylic acids is 1. The molecular weight excluding hydrogens is 440 g/mol. The van der Waals surface area contributed by atoms with Crippen LogP contribution in [0.5, 0.6) is 11.5 Å². The summed E-state index contributed by atoms with van der Waals surface area (Å²) in [5.41, 5.74) is 0.992. The van der Waals surface area contributed by atoms with E-state index in [0.29, 0.717) is 55.5 Å². The molecule has 168 valence electrons. The zero-order chi connectivity index (χ0) is 22.3. The third-order valence-corrected chi connectivity index (χ3v) is 6.65. The van der Waals surface area contributed by atoms with Crippen molar-refractivity contribution < 1.29 is 22.7 Å². The van der Waals surface area contributed by atoms with Crippen LogP contribution in [0, 0.1) is 0 Å². The van der Waals surface area contributed by atoms with E-state index in [1.807, 2.05) is 19.1 Å². The van der Waals surface area contributed by atoms with Crippen LogP contribution in [-0.4, -0.2) is 34.1 Å². The summed E-state index contributed by atoms with van der Waals surface area (Å²) < 4.78 is 38.4. The highest BCUT2D eigenvalue weighted by atomic mass is 35.5. The lowest BCUT2D eigenvalue weighted by Gasteiger charge is -2.18. The van der Waals surface area contributed by atoms with E-state index < -0.39 is 10.0 Å². The molecule has 0 spiro atoms. The Kier molecular flexibility index (Phi) is 8.17. The van der Waals surface area contributed by atoms with Crippen LogP contribution in [-0.2, 0) is 14.8 Å². The quantitative estimate of drug-likeness (QED) is 0.519. The van der Waals surface area contributed by atoms with Gasteiger partial charge in [-0.2, -0.15) is 0 Å². The van der Waals surface area contributed by atoms with Gasteiger partial charge in [0.25, 0.3) is 0 Å². The number of hydrogen-bond acceptors (Lipinski definition) is 5. The fraction of sp³-hybridized carbons (Fsp3) is 0.409. The van der Waals surface area contributed by atoms with Crippen molar-refractivity contribution in [2.45, 2.75) is 43.5 Å². The van der Waals surface area contributed by atoms with Gasteiger partial charge in [-0.15, -0.1) is 0 Å². The standard InChI is InChI=1S/C22H27ClN2O5S/c1-16(17-6-8-18(23)9-7-17)25-22(26)5-3-2-4-12-24-31(27,28)19-10-11-20-21(15-19)30-14-13-29-20/h6-11,15-16,24H,2-5,12-14H2,1H3,(H,25,26). The number of hydrogen-bond donors (Lipinski definition) is 2. The van der Waals surface area contributed by atoms with E-state index in [4.69, 9.17) is 21.1 Å². The van der Waals surface area contributed by atoms with Crippen molar-refractivity contribution in [3.63, 3.8) is 0 Å². The molecule has 2 aromatic carbocycles. The van der Waals surface area contributed by atoms with Gasteiger partial charge in [0.05, 0.1) is 10.9 Å². The van der Waals surface area contributed by atoms with Crippen LogP contribution >= 0.6 is 11.6 Å². The molecule has 1 atom stereocenters. The summed E-state index contributed by atoms with van der Waals surface area (Å²) in [7, 11) is -3.62. The molecule has 0 saturated heterocycles. The van der Waals surface area contributed by atoms with Crippen LogP contribution in [0.15, 0.2) is 47.4 Å². The lowest BCUT2D eigenvalue weighted by Crippen LogP contribution is -2.26. The second kappa shape index (κ2) is 10.8. The highest BCUT2D eigenvalue weighted by molar-refractivity contribution is 7.89. The molecule has 0 fully saturated rings. The van der Waals surface area contributed by atoms with Gasteiger partial charge in [-0.25, -0.2) is 13.1 Å².